The lowest BCUT2D eigenvalue weighted by Crippen LogP contribution is -2.62. The summed E-state index contributed by atoms with van der Waals surface area (Å²) in [5, 5.41) is 86.4. The number of aliphatic carboxylic acids is 2. The number of aryl methyl sites for hydroxylation is 2. The molecule has 8 aliphatic carbocycles. The number of aromatic nitrogens is 8. The van der Waals surface area contributed by atoms with E-state index in [9.17, 15) is 30.0 Å². The molecule has 2 aromatic heterocycles. The lowest BCUT2D eigenvalue weighted by atomic mass is 9.41. The number of carboxylic acid groups (broad SMARTS) is 2. The van der Waals surface area contributed by atoms with Gasteiger partial charge in [0.2, 0.25) is 0 Å². The number of nitrogens with zero attached hydrogens (tertiary/aromatic N) is 8. The van der Waals surface area contributed by atoms with Crippen molar-refractivity contribution in [2.45, 2.75) is 234 Å². The van der Waals surface area contributed by atoms with E-state index in [0.717, 1.165) is 77.0 Å². The molecule has 2 heterocycles. The van der Waals surface area contributed by atoms with Gasteiger partial charge < -0.3 is 30.6 Å². The summed E-state index contributed by atoms with van der Waals surface area (Å²) in [6, 6.07) is 0. The third kappa shape index (κ3) is 10.0. The van der Waals surface area contributed by atoms with E-state index >= 15 is 0 Å². The number of hydrogen-bond donors (Lipinski definition) is 6. The number of carbonyl (C=O) groups is 2. The van der Waals surface area contributed by atoms with Crippen molar-refractivity contribution in [3.05, 3.63) is 11.6 Å². The highest BCUT2D eigenvalue weighted by atomic mass is 16.4. The first kappa shape index (κ1) is 55.7. The molecule has 416 valence electrons. The summed E-state index contributed by atoms with van der Waals surface area (Å²) >= 11 is 0. The molecule has 0 amide bonds. The zero-order chi connectivity index (χ0) is 53.1. The van der Waals surface area contributed by atoms with Crippen molar-refractivity contribution in [2.24, 2.45) is 105 Å². The molecule has 0 saturated heterocycles. The van der Waals surface area contributed by atoms with Gasteiger partial charge in [-0.1, -0.05) is 68.2 Å². The largest absolute Gasteiger partial charge is 0.481 e. The van der Waals surface area contributed by atoms with Crippen LogP contribution >= 0.6 is 0 Å². The van der Waals surface area contributed by atoms with Gasteiger partial charge in [0.25, 0.3) is 0 Å². The van der Waals surface area contributed by atoms with E-state index in [4.69, 9.17) is 10.2 Å². The van der Waals surface area contributed by atoms with Crippen molar-refractivity contribution in [1.29, 1.82) is 0 Å². The predicted octanol–water partition coefficient (Wildman–Crippen LogP) is 8.69. The van der Waals surface area contributed by atoms with Crippen molar-refractivity contribution in [3.8, 4) is 0 Å². The minimum Gasteiger partial charge on any atom is -0.481 e. The number of hydrogen-bond acceptors (Lipinski definition) is 12. The minimum absolute atomic E-state index is 0.146. The van der Waals surface area contributed by atoms with Crippen molar-refractivity contribution < 1.29 is 40.2 Å². The summed E-state index contributed by atoms with van der Waals surface area (Å²) < 4.78 is 1.65. The van der Waals surface area contributed by atoms with E-state index in [1.807, 2.05) is 0 Å². The Bertz CT molecular complexity index is 2240. The Morgan fingerprint density at radius 2 is 1.04 bits per heavy atom. The van der Waals surface area contributed by atoms with Gasteiger partial charge in [-0.15, -0.1) is 15.3 Å². The number of rotatable bonds is 16. The van der Waals surface area contributed by atoms with Gasteiger partial charge in [0.05, 0.1) is 31.0 Å². The molecule has 6 N–H and O–H groups in total. The summed E-state index contributed by atoms with van der Waals surface area (Å²) in [4.78, 5) is 23.5. The van der Waals surface area contributed by atoms with E-state index in [0.29, 0.717) is 102 Å². The molecule has 0 unspecified atom stereocenters. The van der Waals surface area contributed by atoms with Crippen molar-refractivity contribution >= 4 is 11.9 Å². The first-order chi connectivity index (χ1) is 35.2. The maximum atomic E-state index is 11.9. The maximum Gasteiger partial charge on any atom is 0.311 e. The third-order valence-corrected chi connectivity index (χ3v) is 24.1. The molecule has 10 rings (SSSR count). The first-order valence-corrected chi connectivity index (χ1v) is 29.9. The molecule has 2 aromatic rings. The number of fused-ring (bicyclic) bond motifs is 10. The monoisotopic (exact) mass is 1030 g/mol. The maximum absolute atomic E-state index is 11.9. The Kier molecular flexibility index (Phi) is 16.5. The van der Waals surface area contributed by atoms with Gasteiger partial charge in [0.15, 0.2) is 11.6 Å². The highest BCUT2D eigenvalue weighted by Crippen LogP contribution is 2.71. The average molecular weight is 1030 g/mol. The van der Waals surface area contributed by atoms with E-state index in [1.165, 1.54) is 56.2 Å². The molecule has 8 fully saturated rings. The summed E-state index contributed by atoms with van der Waals surface area (Å²) in [5.41, 5.74) is 1.03. The van der Waals surface area contributed by atoms with Crippen LogP contribution in [0.4, 0.5) is 0 Å². The fourth-order valence-electron chi connectivity index (χ4n) is 20.6. The van der Waals surface area contributed by atoms with E-state index in [-0.39, 0.29) is 64.7 Å². The lowest BCUT2D eigenvalue weighted by Gasteiger charge is -2.64. The second-order valence-corrected chi connectivity index (χ2v) is 27.2. The highest BCUT2D eigenvalue weighted by Gasteiger charge is 2.67. The average Bonchev–Trinajstić information content (AvgIpc) is 4.16. The Morgan fingerprint density at radius 3 is 1.51 bits per heavy atom. The number of carboxylic acids is 2. The van der Waals surface area contributed by atoms with Crippen LogP contribution in [-0.4, -0.2) is 107 Å². The lowest BCUT2D eigenvalue weighted by molar-refractivity contribution is -0.203. The SMILES string of the molecule is CC[C@H]1[C@@H](O)[C@@H]2[C@H](CC[C@]3(C)[C@@H]([C@H](C)CCCn4nnc(CC(=O)O)n4)CC[C@@H]23)[C@@]2(C)CC[C@@H](O)C[C@@H]12.CC[C@H]1[C@@H](O)[C@@H]2[C@H](CC[C@]3(C)[C@@H]([C@H](C)CCCn4nnnc4CC(=O)O)CC[C@@H]23)[C@@]2(C)CC[C@@H](O)C[C@@H]12. The third-order valence-electron chi connectivity index (χ3n) is 24.1. The summed E-state index contributed by atoms with van der Waals surface area (Å²) in [6.45, 7) is 20.7. The molecule has 8 aliphatic rings. The standard InChI is InChI=1S/2C29H48N4O4/c1-5-19-23-15-18(34)10-12-29(23,4)22-11-13-28(3)20(8-9-21(28)26(22)27(19)37)17(2)7-6-14-33-24(16-25(35)36)30-31-32-33;1-5-19-23-15-18(34)10-12-29(23,4)22-11-13-28(3)20(8-9-21(28)26(22)27(19)37)17(2)7-6-14-33-31-24(30-32-33)16-25(35)36/h2*17-23,26-27,34,37H,5-16H2,1-4H3,(H,35,36)/t2*17-,18-,19-,20-,21+,22+,23+,26+,27-,28-,29-/m11/s1. The second-order valence-electron chi connectivity index (χ2n) is 27.2. The Labute approximate surface area is 441 Å². The topological polar surface area (TPSA) is 243 Å². The Hall–Kier alpha value is -3.08. The first-order valence-electron chi connectivity index (χ1n) is 29.9. The number of aliphatic hydroxyl groups excluding tert-OH is 4. The van der Waals surface area contributed by atoms with Crippen molar-refractivity contribution in [3.63, 3.8) is 0 Å². The normalized spacial score (nSPS) is 44.1. The molecular weight excluding hydrogens is 937 g/mol. The van der Waals surface area contributed by atoms with E-state index in [2.05, 4.69) is 86.3 Å². The quantitative estimate of drug-likeness (QED) is 0.0922. The zero-order valence-electron chi connectivity index (χ0n) is 46.4. The van der Waals surface area contributed by atoms with Crippen molar-refractivity contribution in [2.75, 3.05) is 0 Å². The number of tetrazole rings is 2. The van der Waals surface area contributed by atoms with Crippen LogP contribution in [0, 0.1) is 105 Å². The molecule has 0 bridgehead atoms. The van der Waals surface area contributed by atoms with Crippen LogP contribution in [0.3, 0.4) is 0 Å². The van der Waals surface area contributed by atoms with Gasteiger partial charge in [-0.25, -0.2) is 4.68 Å². The molecule has 0 aromatic carbocycles. The van der Waals surface area contributed by atoms with Crippen LogP contribution in [0.1, 0.15) is 195 Å². The minimum atomic E-state index is -0.939. The van der Waals surface area contributed by atoms with Gasteiger partial charge in [0.1, 0.15) is 12.8 Å². The molecule has 74 heavy (non-hydrogen) atoms. The van der Waals surface area contributed by atoms with Gasteiger partial charge in [-0.05, 0) is 236 Å². The van der Waals surface area contributed by atoms with Crippen LogP contribution in [0.25, 0.3) is 0 Å². The van der Waals surface area contributed by atoms with Gasteiger partial charge in [0, 0.05) is 6.54 Å². The van der Waals surface area contributed by atoms with Gasteiger partial charge >= 0.3 is 11.9 Å². The molecule has 8 saturated carbocycles. The number of aliphatic hydroxyl groups is 4. The Balaban J connectivity index is 0.000000182. The summed E-state index contributed by atoms with van der Waals surface area (Å²) in [5.74, 6) is 5.89. The fourth-order valence-corrected chi connectivity index (χ4v) is 20.6. The van der Waals surface area contributed by atoms with E-state index in [1.54, 1.807) is 4.68 Å². The van der Waals surface area contributed by atoms with Crippen LogP contribution in [-0.2, 0) is 35.5 Å². The predicted molar refractivity (Wildman–Crippen MR) is 279 cm³/mol. The Morgan fingerprint density at radius 1 is 0.581 bits per heavy atom. The van der Waals surface area contributed by atoms with Crippen molar-refractivity contribution in [1.82, 2.24) is 40.4 Å². The summed E-state index contributed by atoms with van der Waals surface area (Å²) in [7, 11) is 0. The van der Waals surface area contributed by atoms with Crippen LogP contribution in [0.15, 0.2) is 0 Å². The summed E-state index contributed by atoms with van der Waals surface area (Å²) in [6.07, 6.45) is 20.5. The molecule has 16 heteroatoms. The van der Waals surface area contributed by atoms with Gasteiger partial charge in [-0.3, -0.25) is 9.59 Å². The molecule has 0 spiro atoms. The zero-order valence-corrected chi connectivity index (χ0v) is 46.4. The highest BCUT2D eigenvalue weighted by molar-refractivity contribution is 5.69. The smallest absolute Gasteiger partial charge is 0.311 e. The second kappa shape index (κ2) is 22.0. The van der Waals surface area contributed by atoms with Crippen LogP contribution < -0.4 is 0 Å². The molecular formula is C58H96N8O8. The van der Waals surface area contributed by atoms with Crippen LogP contribution in [0.2, 0.25) is 0 Å². The molecule has 22 atom stereocenters. The van der Waals surface area contributed by atoms with E-state index < -0.39 is 11.9 Å². The van der Waals surface area contributed by atoms with Gasteiger partial charge in [-0.2, -0.15) is 4.80 Å². The molecule has 16 nitrogen and oxygen atoms in total. The van der Waals surface area contributed by atoms with Crippen LogP contribution in [0.5, 0.6) is 0 Å². The fraction of sp³-hybridized carbons (Fsp3) is 0.931. The molecule has 0 radical (unpaired) electrons. The molecule has 0 aliphatic heterocycles.